The van der Waals surface area contributed by atoms with Gasteiger partial charge in [-0.2, -0.15) is 0 Å². The molecule has 0 spiro atoms. The number of rotatable bonds is 1. The van der Waals surface area contributed by atoms with Gasteiger partial charge in [0, 0.05) is 12.6 Å². The van der Waals surface area contributed by atoms with E-state index in [0.29, 0.717) is 16.2 Å². The van der Waals surface area contributed by atoms with Gasteiger partial charge in [-0.05, 0) is 6.07 Å². The molecular weight excluding hydrogens is 186 g/mol. The van der Waals surface area contributed by atoms with Crippen LogP contribution < -0.4 is 0 Å². The van der Waals surface area contributed by atoms with Crippen LogP contribution in [0.15, 0.2) is 12.3 Å². The van der Waals surface area contributed by atoms with Crippen LogP contribution >= 0.6 is 11.6 Å². The van der Waals surface area contributed by atoms with Gasteiger partial charge in [0.05, 0.1) is 12.1 Å². The van der Waals surface area contributed by atoms with E-state index in [9.17, 15) is 0 Å². The molecule has 0 saturated heterocycles. The summed E-state index contributed by atoms with van der Waals surface area (Å²) < 4.78 is 1.47. The third-order valence-corrected chi connectivity index (χ3v) is 2.22. The molecular formula is C9H8ClN3. The van der Waals surface area contributed by atoms with Gasteiger partial charge in [-0.25, -0.2) is 9.97 Å². The fourth-order valence-corrected chi connectivity index (χ4v) is 1.44. The van der Waals surface area contributed by atoms with E-state index in [1.165, 1.54) is 4.57 Å². The predicted octanol–water partition coefficient (Wildman–Crippen LogP) is 2.16. The Bertz CT molecular complexity index is 447. The van der Waals surface area contributed by atoms with Crippen molar-refractivity contribution in [1.29, 1.82) is 0 Å². The highest BCUT2D eigenvalue weighted by atomic mass is 35.5. The van der Waals surface area contributed by atoms with Crippen molar-refractivity contribution in [2.75, 3.05) is 0 Å². The molecule has 2 aromatic rings. The fraction of sp³-hybridized carbons (Fsp3) is 0.222. The zero-order valence-corrected chi connectivity index (χ0v) is 7.91. The van der Waals surface area contributed by atoms with Crippen molar-refractivity contribution in [2.24, 2.45) is 0 Å². The average Bonchev–Trinajstić information content (AvgIpc) is 2.45. The van der Waals surface area contributed by atoms with E-state index in [-0.39, 0.29) is 0 Å². The maximum atomic E-state index is 5.93. The Balaban J connectivity index is 2.83. The molecule has 2 radical (unpaired) electrons. The molecule has 0 unspecified atom stereocenters. The first-order chi connectivity index (χ1) is 6.24. The smallest absolute Gasteiger partial charge is 0.161 e. The Kier molecular flexibility index (Phi) is 1.96. The van der Waals surface area contributed by atoms with E-state index < -0.39 is 0 Å². The Morgan fingerprint density at radius 2 is 2.38 bits per heavy atom. The molecule has 2 aromatic heterocycles. The van der Waals surface area contributed by atoms with Crippen molar-refractivity contribution in [1.82, 2.24) is 14.5 Å². The van der Waals surface area contributed by atoms with Crippen molar-refractivity contribution in [3.05, 3.63) is 30.2 Å². The quantitative estimate of drug-likeness (QED) is 0.695. The minimum absolute atomic E-state index is 0.587. The van der Waals surface area contributed by atoms with E-state index in [2.05, 4.69) is 9.97 Å². The molecule has 0 saturated carbocycles. The number of imidazole rings is 1. The van der Waals surface area contributed by atoms with Crippen LogP contribution in [-0.4, -0.2) is 14.5 Å². The minimum Gasteiger partial charge on any atom is -0.305 e. The molecule has 0 aliphatic heterocycles. The molecule has 0 aliphatic rings. The summed E-state index contributed by atoms with van der Waals surface area (Å²) in [7, 11) is 5.75. The van der Waals surface area contributed by atoms with Gasteiger partial charge in [0.15, 0.2) is 5.65 Å². The molecule has 4 heteroatoms. The summed E-state index contributed by atoms with van der Waals surface area (Å²) in [6.07, 6.45) is 2.39. The summed E-state index contributed by atoms with van der Waals surface area (Å²) in [5, 5.41) is 0.587. The van der Waals surface area contributed by atoms with Crippen LogP contribution in [0, 0.1) is 7.05 Å². The molecule has 0 atom stereocenters. The highest BCUT2D eigenvalue weighted by molar-refractivity contribution is 6.34. The van der Waals surface area contributed by atoms with Crippen molar-refractivity contribution >= 4 is 22.8 Å². The maximum Gasteiger partial charge on any atom is 0.161 e. The van der Waals surface area contributed by atoms with Crippen LogP contribution in [0.5, 0.6) is 0 Å². The van der Waals surface area contributed by atoms with Crippen molar-refractivity contribution in [3.63, 3.8) is 0 Å². The van der Waals surface area contributed by atoms with E-state index >= 15 is 0 Å². The van der Waals surface area contributed by atoms with Crippen molar-refractivity contribution in [2.45, 2.75) is 13.3 Å². The molecule has 0 bridgehead atoms. The lowest BCUT2D eigenvalue weighted by atomic mass is 10.4. The molecule has 0 fully saturated rings. The molecule has 2 rings (SSSR count). The lowest BCUT2D eigenvalue weighted by Crippen LogP contribution is -1.93. The third kappa shape index (κ3) is 1.20. The van der Waals surface area contributed by atoms with Crippen LogP contribution in [0.1, 0.15) is 12.7 Å². The highest BCUT2D eigenvalue weighted by Crippen LogP contribution is 2.21. The van der Waals surface area contributed by atoms with Gasteiger partial charge in [0.2, 0.25) is 0 Å². The summed E-state index contributed by atoms with van der Waals surface area (Å²) >= 11 is 5.93. The minimum atomic E-state index is 0.587. The fourth-order valence-electron chi connectivity index (χ4n) is 1.25. The van der Waals surface area contributed by atoms with Crippen LogP contribution in [0.2, 0.25) is 5.02 Å². The number of nitrogens with zero attached hydrogens (tertiary/aromatic N) is 3. The number of fused-ring (bicyclic) bond motifs is 1. The molecule has 13 heavy (non-hydrogen) atoms. The summed E-state index contributed by atoms with van der Waals surface area (Å²) in [5.74, 6) is 0.788. The first-order valence-electron chi connectivity index (χ1n) is 4.01. The third-order valence-electron chi connectivity index (χ3n) is 1.92. The van der Waals surface area contributed by atoms with Gasteiger partial charge in [-0.1, -0.05) is 18.5 Å². The molecule has 66 valence electrons. The second-order valence-corrected chi connectivity index (χ2v) is 3.12. The van der Waals surface area contributed by atoms with E-state index in [0.717, 1.165) is 12.2 Å². The van der Waals surface area contributed by atoms with Crippen LogP contribution in [0.25, 0.3) is 11.2 Å². The van der Waals surface area contributed by atoms with Gasteiger partial charge in [0.25, 0.3) is 0 Å². The van der Waals surface area contributed by atoms with Gasteiger partial charge in [-0.15, -0.1) is 0 Å². The second-order valence-electron chi connectivity index (χ2n) is 2.72. The van der Waals surface area contributed by atoms with Crippen LogP contribution in [-0.2, 0) is 6.42 Å². The summed E-state index contributed by atoms with van der Waals surface area (Å²) in [6, 6.07) is 1.70. The molecule has 0 amide bonds. The van der Waals surface area contributed by atoms with Crippen LogP contribution in [0.3, 0.4) is 0 Å². The lowest BCUT2D eigenvalue weighted by molar-refractivity contribution is 0.900. The SMILES string of the molecule is [CH]n1c(CC)nc2c(Cl)ccnc21. The monoisotopic (exact) mass is 193 g/mol. The van der Waals surface area contributed by atoms with Gasteiger partial charge in [0.1, 0.15) is 11.3 Å². The number of pyridine rings is 1. The van der Waals surface area contributed by atoms with E-state index in [1.54, 1.807) is 12.3 Å². The van der Waals surface area contributed by atoms with Crippen molar-refractivity contribution in [3.8, 4) is 0 Å². The summed E-state index contributed by atoms with van der Waals surface area (Å²) in [4.78, 5) is 8.38. The zero-order chi connectivity index (χ0) is 9.42. The van der Waals surface area contributed by atoms with Crippen molar-refractivity contribution < 1.29 is 0 Å². The van der Waals surface area contributed by atoms with Crippen LogP contribution in [0.4, 0.5) is 0 Å². The average molecular weight is 194 g/mol. The maximum absolute atomic E-state index is 5.93. The summed E-state index contributed by atoms with van der Waals surface area (Å²) in [5.41, 5.74) is 1.30. The zero-order valence-electron chi connectivity index (χ0n) is 7.16. The molecule has 3 nitrogen and oxygen atoms in total. The normalized spacial score (nSPS) is 11.0. The Morgan fingerprint density at radius 3 is 3.00 bits per heavy atom. The van der Waals surface area contributed by atoms with Gasteiger partial charge in [-0.3, -0.25) is 0 Å². The first kappa shape index (κ1) is 8.51. The molecule has 0 N–H and O–H groups in total. The number of aryl methyl sites for hydroxylation is 1. The van der Waals surface area contributed by atoms with Gasteiger partial charge < -0.3 is 4.57 Å². The Labute approximate surface area is 81.4 Å². The number of aromatic nitrogens is 3. The van der Waals surface area contributed by atoms with E-state index in [1.807, 2.05) is 6.92 Å². The second kappa shape index (κ2) is 3.00. The first-order valence-corrected chi connectivity index (χ1v) is 4.38. The standard InChI is InChI=1S/C9H8ClN3/c1-3-7-12-8-6(10)4-5-11-9(8)13(7)2/h2,4-5H,3H2,1H3. The Hall–Kier alpha value is -1.09. The number of hydrogen-bond acceptors (Lipinski definition) is 2. The molecule has 0 aromatic carbocycles. The number of hydrogen-bond donors (Lipinski definition) is 0. The van der Waals surface area contributed by atoms with Gasteiger partial charge >= 0.3 is 0 Å². The highest BCUT2D eigenvalue weighted by Gasteiger charge is 2.09. The Morgan fingerprint density at radius 1 is 1.62 bits per heavy atom. The summed E-state index contributed by atoms with van der Waals surface area (Å²) in [6.45, 7) is 1.98. The number of halogens is 1. The lowest BCUT2D eigenvalue weighted by Gasteiger charge is -1.95. The molecule has 2 heterocycles. The topological polar surface area (TPSA) is 30.7 Å². The molecule has 0 aliphatic carbocycles. The largest absolute Gasteiger partial charge is 0.305 e. The predicted molar refractivity (Wildman–Crippen MR) is 51.6 cm³/mol. The van der Waals surface area contributed by atoms with E-state index in [4.69, 9.17) is 18.6 Å².